The van der Waals surface area contributed by atoms with Gasteiger partial charge in [-0.25, -0.2) is 9.29 Å². The van der Waals surface area contributed by atoms with Crippen LogP contribution in [0, 0.1) is 17.1 Å². The Hall–Kier alpha value is -2.26. The zero-order valence-electron chi connectivity index (χ0n) is 9.80. The Morgan fingerprint density at radius 3 is 2.47 bits per heavy atom. The van der Waals surface area contributed by atoms with Crippen LogP contribution in [0.15, 0.2) is 18.2 Å². The molecule has 2 heterocycles. The maximum absolute atomic E-state index is 13.3. The summed E-state index contributed by atoms with van der Waals surface area (Å²) in [7, 11) is 0. The molecule has 0 aromatic heterocycles. The highest BCUT2D eigenvalue weighted by Crippen LogP contribution is 2.32. The van der Waals surface area contributed by atoms with Gasteiger partial charge in [-0.15, -0.1) is 0 Å². The smallest absolute Gasteiger partial charge is 0.262 e. The number of rotatable bonds is 1. The molecule has 2 saturated heterocycles. The van der Waals surface area contributed by atoms with Gasteiger partial charge in [0.25, 0.3) is 11.8 Å². The van der Waals surface area contributed by atoms with Crippen molar-refractivity contribution in [2.75, 3.05) is 4.90 Å². The first-order chi connectivity index (χ1) is 9.11. The van der Waals surface area contributed by atoms with Gasteiger partial charge in [-0.3, -0.25) is 9.59 Å². The minimum atomic E-state index is -0.678. The van der Waals surface area contributed by atoms with E-state index in [1.54, 1.807) is 6.07 Å². The Morgan fingerprint density at radius 2 is 1.89 bits per heavy atom. The van der Waals surface area contributed by atoms with Crippen molar-refractivity contribution < 1.29 is 18.7 Å². The molecule has 0 aliphatic carbocycles. The lowest BCUT2D eigenvalue weighted by molar-refractivity contribution is -0.146. The Morgan fingerprint density at radius 1 is 1.26 bits per heavy atom. The Balaban J connectivity index is 2.04. The van der Waals surface area contributed by atoms with Gasteiger partial charge < -0.3 is 4.74 Å². The second-order valence-corrected chi connectivity index (χ2v) is 4.48. The SMILES string of the molecule is N#Cc1cc(N2C(=O)C3CCC(O3)C2=O)ccc1F. The maximum atomic E-state index is 13.3. The van der Waals surface area contributed by atoms with Crippen molar-refractivity contribution in [3.8, 4) is 6.07 Å². The lowest BCUT2D eigenvalue weighted by atomic mass is 10.1. The molecule has 2 unspecified atom stereocenters. The fraction of sp³-hybridized carbons (Fsp3) is 0.308. The number of carbonyl (C=O) groups is 2. The highest BCUT2D eigenvalue weighted by atomic mass is 19.1. The summed E-state index contributed by atoms with van der Waals surface area (Å²) < 4.78 is 18.5. The van der Waals surface area contributed by atoms with Gasteiger partial charge in [-0.05, 0) is 31.0 Å². The second-order valence-electron chi connectivity index (χ2n) is 4.48. The molecule has 0 N–H and O–H groups in total. The molecule has 1 aromatic rings. The van der Waals surface area contributed by atoms with Crippen molar-refractivity contribution in [1.82, 2.24) is 0 Å². The van der Waals surface area contributed by atoms with E-state index in [0.29, 0.717) is 12.8 Å². The van der Waals surface area contributed by atoms with Gasteiger partial charge in [-0.2, -0.15) is 5.26 Å². The summed E-state index contributed by atoms with van der Waals surface area (Å²) in [6.07, 6.45) is -0.201. The van der Waals surface area contributed by atoms with Crippen molar-refractivity contribution >= 4 is 17.5 Å². The van der Waals surface area contributed by atoms with Crippen LogP contribution in [-0.2, 0) is 14.3 Å². The standard InChI is InChI=1S/C13H9FN2O3/c14-9-2-1-8(5-7(9)6-15)16-12(17)10-3-4-11(19-10)13(16)18/h1-2,5,10-11H,3-4H2. The molecule has 1 aromatic carbocycles. The van der Waals surface area contributed by atoms with E-state index in [9.17, 15) is 14.0 Å². The lowest BCUT2D eigenvalue weighted by Gasteiger charge is -2.29. The van der Waals surface area contributed by atoms with Crippen molar-refractivity contribution in [2.24, 2.45) is 0 Å². The first kappa shape index (κ1) is 11.8. The van der Waals surface area contributed by atoms with E-state index in [1.807, 2.05) is 0 Å². The van der Waals surface area contributed by atoms with E-state index in [-0.39, 0.29) is 11.3 Å². The predicted molar refractivity (Wildman–Crippen MR) is 61.5 cm³/mol. The number of nitrogens with zero attached hydrogens (tertiary/aromatic N) is 2. The third-order valence-corrected chi connectivity index (χ3v) is 3.34. The Kier molecular flexibility index (Phi) is 2.57. The number of nitriles is 1. The van der Waals surface area contributed by atoms with Crippen molar-refractivity contribution in [1.29, 1.82) is 5.26 Å². The van der Waals surface area contributed by atoms with Crippen LogP contribution in [0.1, 0.15) is 18.4 Å². The van der Waals surface area contributed by atoms with Crippen LogP contribution in [0.5, 0.6) is 0 Å². The molecular formula is C13H9FN2O3. The van der Waals surface area contributed by atoms with Gasteiger partial charge in [0.15, 0.2) is 0 Å². The number of halogens is 1. The van der Waals surface area contributed by atoms with Crippen LogP contribution in [0.4, 0.5) is 10.1 Å². The maximum Gasteiger partial charge on any atom is 0.262 e. The number of hydrogen-bond donors (Lipinski definition) is 0. The molecule has 6 heteroatoms. The summed E-state index contributed by atoms with van der Waals surface area (Å²) in [5.41, 5.74) is 0.0186. The quantitative estimate of drug-likeness (QED) is 0.709. The van der Waals surface area contributed by atoms with Crippen molar-refractivity contribution in [3.05, 3.63) is 29.6 Å². The Bertz CT molecular complexity index is 601. The number of ether oxygens (including phenoxy) is 1. The van der Waals surface area contributed by atoms with Gasteiger partial charge in [0.05, 0.1) is 11.3 Å². The molecule has 5 nitrogen and oxygen atoms in total. The number of hydrogen-bond acceptors (Lipinski definition) is 4. The average molecular weight is 260 g/mol. The highest BCUT2D eigenvalue weighted by Gasteiger charge is 2.47. The molecule has 2 aliphatic rings. The molecule has 2 fully saturated rings. The van der Waals surface area contributed by atoms with Crippen LogP contribution >= 0.6 is 0 Å². The zero-order valence-corrected chi connectivity index (χ0v) is 9.80. The fourth-order valence-corrected chi connectivity index (χ4v) is 2.39. The monoisotopic (exact) mass is 260 g/mol. The van der Waals surface area contributed by atoms with E-state index < -0.39 is 29.8 Å². The second kappa shape index (κ2) is 4.14. The highest BCUT2D eigenvalue weighted by molar-refractivity contribution is 6.19. The summed E-state index contributed by atoms with van der Waals surface area (Å²) in [4.78, 5) is 25.2. The molecule has 0 radical (unpaired) electrons. The lowest BCUT2D eigenvalue weighted by Crippen LogP contribution is -2.52. The van der Waals surface area contributed by atoms with Gasteiger partial charge in [-0.1, -0.05) is 0 Å². The van der Waals surface area contributed by atoms with Crippen molar-refractivity contribution in [3.63, 3.8) is 0 Å². The molecule has 19 heavy (non-hydrogen) atoms. The first-order valence-corrected chi connectivity index (χ1v) is 5.84. The van der Waals surface area contributed by atoms with E-state index in [1.165, 1.54) is 12.1 Å². The number of fused-ring (bicyclic) bond motifs is 2. The van der Waals surface area contributed by atoms with Gasteiger partial charge in [0.2, 0.25) is 0 Å². The van der Waals surface area contributed by atoms with Crippen LogP contribution < -0.4 is 4.90 Å². The number of benzene rings is 1. The molecule has 2 aliphatic heterocycles. The Labute approximate surface area is 108 Å². The molecule has 0 saturated carbocycles. The van der Waals surface area contributed by atoms with Gasteiger partial charge in [0.1, 0.15) is 24.1 Å². The molecular weight excluding hydrogens is 251 g/mol. The summed E-state index contributed by atoms with van der Waals surface area (Å²) in [5.74, 6) is -1.58. The fourth-order valence-electron chi connectivity index (χ4n) is 2.39. The molecule has 2 amide bonds. The number of morpholine rings is 1. The van der Waals surface area contributed by atoms with E-state index in [4.69, 9.17) is 10.00 Å². The van der Waals surface area contributed by atoms with Crippen LogP contribution in [0.3, 0.4) is 0 Å². The number of imide groups is 1. The molecule has 2 atom stereocenters. The minimum absolute atomic E-state index is 0.197. The minimum Gasteiger partial charge on any atom is -0.355 e. The first-order valence-electron chi connectivity index (χ1n) is 5.84. The summed E-state index contributed by atoms with van der Waals surface area (Å²) in [6.45, 7) is 0. The third-order valence-electron chi connectivity index (χ3n) is 3.34. The van der Waals surface area contributed by atoms with Crippen LogP contribution in [0.2, 0.25) is 0 Å². The van der Waals surface area contributed by atoms with E-state index >= 15 is 0 Å². The van der Waals surface area contributed by atoms with Crippen molar-refractivity contribution in [2.45, 2.75) is 25.0 Å². The van der Waals surface area contributed by atoms with Gasteiger partial charge in [0, 0.05) is 0 Å². The summed E-state index contributed by atoms with van der Waals surface area (Å²) >= 11 is 0. The number of carbonyl (C=O) groups excluding carboxylic acids is 2. The summed E-state index contributed by atoms with van der Waals surface area (Å²) in [5, 5.41) is 8.79. The largest absolute Gasteiger partial charge is 0.355 e. The molecule has 96 valence electrons. The molecule has 3 rings (SSSR count). The van der Waals surface area contributed by atoms with E-state index in [0.717, 1.165) is 11.0 Å². The topological polar surface area (TPSA) is 70.4 Å². The van der Waals surface area contributed by atoms with Crippen LogP contribution in [0.25, 0.3) is 0 Å². The predicted octanol–water partition coefficient (Wildman–Crippen LogP) is 1.12. The number of anilines is 1. The zero-order chi connectivity index (χ0) is 13.6. The number of amides is 2. The third kappa shape index (κ3) is 1.71. The molecule has 0 spiro atoms. The molecule has 2 bridgehead atoms. The van der Waals surface area contributed by atoms with Gasteiger partial charge >= 0.3 is 0 Å². The van der Waals surface area contributed by atoms with E-state index in [2.05, 4.69) is 0 Å². The summed E-state index contributed by atoms with van der Waals surface area (Å²) in [6, 6.07) is 5.28. The average Bonchev–Trinajstić information content (AvgIpc) is 2.85. The van der Waals surface area contributed by atoms with Crippen LogP contribution in [-0.4, -0.2) is 24.0 Å². The normalized spacial score (nSPS) is 25.6.